The molecule has 0 saturated carbocycles. The highest BCUT2D eigenvalue weighted by molar-refractivity contribution is 7.95. The van der Waals surface area contributed by atoms with E-state index in [0.29, 0.717) is 10.6 Å². The Hall–Kier alpha value is -2.38. The summed E-state index contributed by atoms with van der Waals surface area (Å²) in [6.45, 7) is 0. The van der Waals surface area contributed by atoms with Crippen molar-refractivity contribution in [2.45, 2.75) is 0 Å². The number of hydrogen-bond acceptors (Lipinski definition) is 3. The molecule has 0 unspecified atom stereocenters. The highest BCUT2D eigenvalue weighted by Gasteiger charge is 2.18. The Morgan fingerprint density at radius 1 is 1.17 bits per heavy atom. The monoisotopic (exact) mass is 355 g/mol. The Labute approximate surface area is 137 Å². The molecule has 2 rings (SSSR count). The largest absolute Gasteiger partial charge is 0.478 e. The first-order chi connectivity index (χ1) is 10.8. The predicted molar refractivity (Wildman–Crippen MR) is 86.4 cm³/mol. The normalized spacial score (nSPS) is 11.6. The number of halogens is 2. The minimum atomic E-state index is -4.01. The zero-order valence-corrected chi connectivity index (χ0v) is 13.1. The lowest BCUT2D eigenvalue weighted by molar-refractivity contribution is 0.0693. The average molecular weight is 356 g/mol. The number of anilines is 1. The zero-order chi connectivity index (χ0) is 17.0. The Balaban J connectivity index is 2.27. The lowest BCUT2D eigenvalue weighted by atomic mass is 10.2. The van der Waals surface area contributed by atoms with Gasteiger partial charge in [0, 0.05) is 5.02 Å². The molecule has 2 aromatic carbocycles. The number of hydrogen-bond donors (Lipinski definition) is 2. The van der Waals surface area contributed by atoms with E-state index in [2.05, 4.69) is 0 Å². The molecule has 0 aliphatic rings. The van der Waals surface area contributed by atoms with E-state index in [-0.39, 0.29) is 5.69 Å². The second kappa shape index (κ2) is 6.80. The van der Waals surface area contributed by atoms with E-state index < -0.39 is 27.4 Å². The molecule has 0 aromatic heterocycles. The van der Waals surface area contributed by atoms with Crippen LogP contribution in [0, 0.1) is 5.82 Å². The van der Waals surface area contributed by atoms with Gasteiger partial charge in [-0.3, -0.25) is 4.72 Å². The average Bonchev–Trinajstić information content (AvgIpc) is 2.46. The van der Waals surface area contributed by atoms with Gasteiger partial charge in [0.15, 0.2) is 0 Å². The molecule has 120 valence electrons. The van der Waals surface area contributed by atoms with Crippen molar-refractivity contribution in [3.8, 4) is 0 Å². The Morgan fingerprint density at radius 3 is 2.43 bits per heavy atom. The molecule has 23 heavy (non-hydrogen) atoms. The molecule has 0 bridgehead atoms. The molecular weight excluding hydrogens is 345 g/mol. The van der Waals surface area contributed by atoms with Crippen molar-refractivity contribution in [3.63, 3.8) is 0 Å². The lowest BCUT2D eigenvalue weighted by Gasteiger charge is -2.08. The fourth-order valence-electron chi connectivity index (χ4n) is 1.76. The minimum absolute atomic E-state index is 0.349. The van der Waals surface area contributed by atoms with Gasteiger partial charge in [-0.1, -0.05) is 29.8 Å². The molecule has 0 fully saturated rings. The lowest BCUT2D eigenvalue weighted by Crippen LogP contribution is -2.13. The van der Waals surface area contributed by atoms with E-state index in [0.717, 1.165) is 11.5 Å². The molecule has 0 radical (unpaired) electrons. The smallest absolute Gasteiger partial charge is 0.340 e. The zero-order valence-electron chi connectivity index (χ0n) is 11.5. The van der Waals surface area contributed by atoms with Crippen molar-refractivity contribution in [1.82, 2.24) is 0 Å². The van der Waals surface area contributed by atoms with Gasteiger partial charge >= 0.3 is 5.97 Å². The van der Waals surface area contributed by atoms with Crippen LogP contribution in [0.2, 0.25) is 5.02 Å². The van der Waals surface area contributed by atoms with Crippen LogP contribution in [0.4, 0.5) is 10.1 Å². The van der Waals surface area contributed by atoms with Crippen molar-refractivity contribution >= 4 is 39.4 Å². The SMILES string of the molecule is O=C(O)c1c(F)cccc1NS(=O)(=O)/C=C\c1ccc(Cl)cc1. The summed E-state index contributed by atoms with van der Waals surface area (Å²) in [6.07, 6.45) is 1.30. The number of nitrogens with one attached hydrogen (secondary N) is 1. The second-order valence-electron chi connectivity index (χ2n) is 4.47. The van der Waals surface area contributed by atoms with Gasteiger partial charge in [-0.15, -0.1) is 0 Å². The molecule has 0 heterocycles. The molecule has 8 heteroatoms. The fraction of sp³-hybridized carbons (Fsp3) is 0. The summed E-state index contributed by atoms with van der Waals surface area (Å²) in [4.78, 5) is 11.0. The molecule has 0 saturated heterocycles. The Kier molecular flexibility index (Phi) is 5.02. The van der Waals surface area contributed by atoms with Crippen LogP contribution in [0.5, 0.6) is 0 Å². The minimum Gasteiger partial charge on any atom is -0.478 e. The maximum absolute atomic E-state index is 13.5. The molecule has 0 spiro atoms. The van der Waals surface area contributed by atoms with Gasteiger partial charge in [-0.05, 0) is 35.9 Å². The van der Waals surface area contributed by atoms with Gasteiger partial charge in [-0.2, -0.15) is 0 Å². The van der Waals surface area contributed by atoms with Crippen molar-refractivity contribution < 1.29 is 22.7 Å². The number of rotatable bonds is 5. The molecule has 2 N–H and O–H groups in total. The van der Waals surface area contributed by atoms with Crippen molar-refractivity contribution in [1.29, 1.82) is 0 Å². The van der Waals surface area contributed by atoms with Crippen LogP contribution in [0.15, 0.2) is 47.9 Å². The summed E-state index contributed by atoms with van der Waals surface area (Å²) in [7, 11) is -4.01. The molecule has 0 aliphatic carbocycles. The quantitative estimate of drug-likeness (QED) is 0.858. The summed E-state index contributed by atoms with van der Waals surface area (Å²) < 4.78 is 39.5. The molecular formula is C15H11ClFNO4S. The van der Waals surface area contributed by atoms with Crippen molar-refractivity contribution in [3.05, 3.63) is 69.8 Å². The predicted octanol–water partition coefficient (Wildman–Crippen LogP) is 3.59. The van der Waals surface area contributed by atoms with Gasteiger partial charge in [0.1, 0.15) is 11.4 Å². The van der Waals surface area contributed by atoms with Crippen molar-refractivity contribution in [2.24, 2.45) is 0 Å². The van der Waals surface area contributed by atoms with Gasteiger partial charge in [-0.25, -0.2) is 17.6 Å². The van der Waals surface area contributed by atoms with E-state index in [1.54, 1.807) is 24.3 Å². The summed E-state index contributed by atoms with van der Waals surface area (Å²) in [5, 5.41) is 10.3. The molecule has 0 atom stereocenters. The molecule has 0 aliphatic heterocycles. The maximum atomic E-state index is 13.5. The first kappa shape index (κ1) is 17.0. The van der Waals surface area contributed by atoms with Crippen molar-refractivity contribution in [2.75, 3.05) is 4.72 Å². The van der Waals surface area contributed by atoms with E-state index in [9.17, 15) is 17.6 Å². The van der Waals surface area contributed by atoms with Crippen LogP contribution in [-0.2, 0) is 10.0 Å². The molecule has 0 amide bonds. The van der Waals surface area contributed by atoms with Gasteiger partial charge in [0.25, 0.3) is 10.0 Å². The Bertz CT molecular complexity index is 864. The van der Waals surface area contributed by atoms with Gasteiger partial charge in [0.2, 0.25) is 0 Å². The third-order valence-electron chi connectivity index (χ3n) is 2.79. The number of sulfonamides is 1. The number of benzene rings is 2. The third-order valence-corrected chi connectivity index (χ3v) is 4.04. The van der Waals surface area contributed by atoms with E-state index >= 15 is 0 Å². The maximum Gasteiger partial charge on any atom is 0.340 e. The van der Waals surface area contributed by atoms with Gasteiger partial charge in [0.05, 0.1) is 11.1 Å². The van der Waals surface area contributed by atoms with Crippen LogP contribution < -0.4 is 4.72 Å². The van der Waals surface area contributed by atoms with E-state index in [1.165, 1.54) is 18.2 Å². The summed E-state index contributed by atoms with van der Waals surface area (Å²) in [6, 6.07) is 9.72. The summed E-state index contributed by atoms with van der Waals surface area (Å²) >= 11 is 5.73. The first-order valence-corrected chi connectivity index (χ1v) is 8.19. The highest BCUT2D eigenvalue weighted by atomic mass is 35.5. The summed E-state index contributed by atoms with van der Waals surface area (Å²) in [5.41, 5.74) is -0.508. The Morgan fingerprint density at radius 2 is 1.83 bits per heavy atom. The standard InChI is InChI=1S/C15H11ClFNO4S/c16-11-6-4-10(5-7-11)8-9-23(21,22)18-13-3-1-2-12(17)14(13)15(19)20/h1-9,18H,(H,19,20)/b9-8-. The number of carboxylic acids is 1. The van der Waals surface area contributed by atoms with E-state index in [4.69, 9.17) is 16.7 Å². The second-order valence-corrected chi connectivity index (χ2v) is 6.47. The highest BCUT2D eigenvalue weighted by Crippen LogP contribution is 2.21. The van der Waals surface area contributed by atoms with Gasteiger partial charge < -0.3 is 5.11 Å². The van der Waals surface area contributed by atoms with Crippen LogP contribution in [0.25, 0.3) is 6.08 Å². The molecule has 5 nitrogen and oxygen atoms in total. The van der Waals surface area contributed by atoms with Crippen LogP contribution in [0.1, 0.15) is 15.9 Å². The molecule has 2 aromatic rings. The third kappa shape index (κ3) is 4.54. The number of aromatic carboxylic acids is 1. The van der Waals surface area contributed by atoms with E-state index in [1.807, 2.05) is 4.72 Å². The topological polar surface area (TPSA) is 83.5 Å². The summed E-state index contributed by atoms with van der Waals surface area (Å²) in [5.74, 6) is -2.60. The van der Waals surface area contributed by atoms with Crippen LogP contribution >= 0.6 is 11.6 Å². The first-order valence-electron chi connectivity index (χ1n) is 6.27. The number of carboxylic acid groups (broad SMARTS) is 1. The van der Waals surface area contributed by atoms with Crippen LogP contribution in [0.3, 0.4) is 0 Å². The fourth-order valence-corrected chi connectivity index (χ4v) is 2.76. The number of carbonyl (C=O) groups is 1. The van der Waals surface area contributed by atoms with Crippen LogP contribution in [-0.4, -0.2) is 19.5 Å².